The molecule has 28 heavy (non-hydrogen) atoms. The van der Waals surface area contributed by atoms with Crippen LogP contribution in [0.3, 0.4) is 0 Å². The molecular formula is C17H15BrN6O4. The van der Waals surface area contributed by atoms with Gasteiger partial charge in [-0.15, -0.1) is 10.2 Å². The first-order valence-corrected chi connectivity index (χ1v) is 8.83. The molecule has 0 atom stereocenters. The first-order valence-electron chi connectivity index (χ1n) is 8.04. The SMILES string of the molecule is COc1cc(NC(=O)Cn2nnc(-c3ccc(Br)cc3)n2)c(C)cc1[N+](=O)[O-]. The highest BCUT2D eigenvalue weighted by molar-refractivity contribution is 9.10. The molecule has 3 rings (SSSR count). The van der Waals surface area contributed by atoms with E-state index in [0.717, 1.165) is 10.0 Å². The molecule has 3 aromatic rings. The molecule has 10 nitrogen and oxygen atoms in total. The van der Waals surface area contributed by atoms with Crippen LogP contribution >= 0.6 is 15.9 Å². The fraction of sp³-hybridized carbons (Fsp3) is 0.176. The number of ether oxygens (including phenoxy) is 1. The highest BCUT2D eigenvalue weighted by atomic mass is 79.9. The molecule has 144 valence electrons. The van der Waals surface area contributed by atoms with E-state index in [1.807, 2.05) is 24.3 Å². The topological polar surface area (TPSA) is 125 Å². The summed E-state index contributed by atoms with van der Waals surface area (Å²) in [7, 11) is 1.33. The lowest BCUT2D eigenvalue weighted by Crippen LogP contribution is -2.21. The van der Waals surface area contributed by atoms with Crippen LogP contribution in [0.1, 0.15) is 5.56 Å². The van der Waals surface area contributed by atoms with Gasteiger partial charge in [0, 0.05) is 27.9 Å². The van der Waals surface area contributed by atoms with Crippen molar-refractivity contribution in [3.63, 3.8) is 0 Å². The van der Waals surface area contributed by atoms with Crippen LogP contribution in [0.15, 0.2) is 40.9 Å². The summed E-state index contributed by atoms with van der Waals surface area (Å²) in [5, 5.41) is 25.7. The number of aromatic nitrogens is 4. The van der Waals surface area contributed by atoms with Crippen LogP contribution in [0.25, 0.3) is 11.4 Å². The molecule has 2 aromatic carbocycles. The largest absolute Gasteiger partial charge is 0.490 e. The van der Waals surface area contributed by atoms with E-state index in [4.69, 9.17) is 4.74 Å². The van der Waals surface area contributed by atoms with Crippen molar-refractivity contribution in [2.45, 2.75) is 13.5 Å². The minimum absolute atomic E-state index is 0.0577. The number of nitro benzene ring substituents is 1. The van der Waals surface area contributed by atoms with Crippen molar-refractivity contribution in [3.05, 3.63) is 56.5 Å². The maximum Gasteiger partial charge on any atom is 0.311 e. The molecule has 0 spiro atoms. The summed E-state index contributed by atoms with van der Waals surface area (Å²) in [4.78, 5) is 24.0. The molecule has 1 N–H and O–H groups in total. The lowest BCUT2D eigenvalue weighted by molar-refractivity contribution is -0.385. The molecule has 0 unspecified atom stereocenters. The number of carbonyl (C=O) groups excluding carboxylic acids is 1. The predicted octanol–water partition coefficient (Wildman–Crippen LogP) is 2.97. The van der Waals surface area contributed by atoms with Gasteiger partial charge >= 0.3 is 5.69 Å². The van der Waals surface area contributed by atoms with Gasteiger partial charge in [-0.3, -0.25) is 14.9 Å². The first kappa shape index (κ1) is 19.4. The number of methoxy groups -OCH3 is 1. The van der Waals surface area contributed by atoms with Crippen LogP contribution in [0.5, 0.6) is 5.75 Å². The van der Waals surface area contributed by atoms with E-state index < -0.39 is 10.8 Å². The number of aryl methyl sites for hydroxylation is 1. The Morgan fingerprint density at radius 1 is 1.32 bits per heavy atom. The van der Waals surface area contributed by atoms with E-state index in [1.54, 1.807) is 6.92 Å². The Morgan fingerprint density at radius 2 is 2.04 bits per heavy atom. The van der Waals surface area contributed by atoms with Gasteiger partial charge < -0.3 is 10.1 Å². The number of hydrogen-bond donors (Lipinski definition) is 1. The van der Waals surface area contributed by atoms with Crippen molar-refractivity contribution in [2.75, 3.05) is 12.4 Å². The Hall–Kier alpha value is -3.34. The molecule has 0 aliphatic carbocycles. The molecule has 11 heteroatoms. The molecule has 0 saturated heterocycles. The fourth-order valence-electron chi connectivity index (χ4n) is 2.46. The molecule has 0 fully saturated rings. The second kappa shape index (κ2) is 8.13. The summed E-state index contributed by atoms with van der Waals surface area (Å²) < 4.78 is 5.95. The number of amides is 1. The third-order valence-corrected chi connectivity index (χ3v) is 4.37. The zero-order chi connectivity index (χ0) is 20.3. The van der Waals surface area contributed by atoms with Crippen molar-refractivity contribution >= 4 is 33.2 Å². The lowest BCUT2D eigenvalue weighted by atomic mass is 10.1. The summed E-state index contributed by atoms with van der Waals surface area (Å²) in [5.74, 6) is 0.0505. The number of rotatable bonds is 6. The average molecular weight is 447 g/mol. The van der Waals surface area contributed by atoms with Gasteiger partial charge in [0.25, 0.3) is 0 Å². The van der Waals surface area contributed by atoms with Gasteiger partial charge in [-0.25, -0.2) is 0 Å². The molecule has 0 aliphatic rings. The summed E-state index contributed by atoms with van der Waals surface area (Å²) >= 11 is 3.35. The molecule has 1 aromatic heterocycles. The second-order valence-corrected chi connectivity index (χ2v) is 6.71. The van der Waals surface area contributed by atoms with Crippen molar-refractivity contribution in [2.24, 2.45) is 0 Å². The molecule has 1 amide bonds. The monoisotopic (exact) mass is 446 g/mol. The van der Waals surface area contributed by atoms with Crippen molar-refractivity contribution < 1.29 is 14.5 Å². The number of nitrogens with one attached hydrogen (secondary N) is 1. The standard InChI is InChI=1S/C17H15BrN6O4/c1-10-7-14(24(26)27)15(28-2)8-13(10)19-16(25)9-23-21-17(20-22-23)11-3-5-12(18)6-4-11/h3-8H,9H2,1-2H3,(H,19,25). The van der Waals surface area contributed by atoms with Gasteiger partial charge in [0.15, 0.2) is 5.75 Å². The zero-order valence-corrected chi connectivity index (χ0v) is 16.5. The van der Waals surface area contributed by atoms with Crippen LogP contribution < -0.4 is 10.1 Å². The van der Waals surface area contributed by atoms with Crippen LogP contribution in [0, 0.1) is 17.0 Å². The number of nitrogens with zero attached hydrogens (tertiary/aromatic N) is 5. The molecule has 0 aliphatic heterocycles. The number of tetrazole rings is 1. The lowest BCUT2D eigenvalue weighted by Gasteiger charge is -2.10. The zero-order valence-electron chi connectivity index (χ0n) is 14.9. The second-order valence-electron chi connectivity index (χ2n) is 5.79. The van der Waals surface area contributed by atoms with E-state index >= 15 is 0 Å². The molecule has 0 radical (unpaired) electrons. The van der Waals surface area contributed by atoms with E-state index in [1.165, 1.54) is 24.0 Å². The fourth-order valence-corrected chi connectivity index (χ4v) is 2.72. The Labute approximate surface area is 167 Å². The van der Waals surface area contributed by atoms with Crippen molar-refractivity contribution in [1.82, 2.24) is 20.2 Å². The van der Waals surface area contributed by atoms with E-state index in [9.17, 15) is 14.9 Å². The van der Waals surface area contributed by atoms with Gasteiger partial charge in [-0.2, -0.15) is 4.80 Å². The first-order chi connectivity index (χ1) is 13.4. The Morgan fingerprint density at radius 3 is 2.68 bits per heavy atom. The number of halogens is 1. The number of hydrogen-bond acceptors (Lipinski definition) is 7. The summed E-state index contributed by atoms with van der Waals surface area (Å²) in [6.07, 6.45) is 0. The molecule has 1 heterocycles. The Bertz CT molecular complexity index is 1030. The summed E-state index contributed by atoms with van der Waals surface area (Å²) in [6.45, 7) is 1.49. The number of benzene rings is 2. The quantitative estimate of drug-likeness (QED) is 0.455. The highest BCUT2D eigenvalue weighted by Gasteiger charge is 2.19. The maximum atomic E-state index is 12.3. The summed E-state index contributed by atoms with van der Waals surface area (Å²) in [6, 6.07) is 10.1. The number of anilines is 1. The molecule has 0 saturated carbocycles. The number of carbonyl (C=O) groups is 1. The van der Waals surface area contributed by atoms with Crippen molar-refractivity contribution in [1.29, 1.82) is 0 Å². The third kappa shape index (κ3) is 4.31. The van der Waals surface area contributed by atoms with E-state index in [0.29, 0.717) is 17.1 Å². The maximum absolute atomic E-state index is 12.3. The van der Waals surface area contributed by atoms with Crippen LogP contribution in [0.4, 0.5) is 11.4 Å². The summed E-state index contributed by atoms with van der Waals surface area (Å²) in [5.41, 5.74) is 1.53. The normalized spacial score (nSPS) is 10.5. The van der Waals surface area contributed by atoms with Gasteiger partial charge in [0.1, 0.15) is 6.54 Å². The van der Waals surface area contributed by atoms with E-state index in [-0.39, 0.29) is 18.0 Å². The van der Waals surface area contributed by atoms with Gasteiger partial charge in [-0.1, -0.05) is 15.9 Å². The Balaban J connectivity index is 1.73. The van der Waals surface area contributed by atoms with Crippen LogP contribution in [-0.4, -0.2) is 38.1 Å². The van der Waals surface area contributed by atoms with E-state index in [2.05, 4.69) is 36.7 Å². The average Bonchev–Trinajstić information content (AvgIpc) is 3.11. The van der Waals surface area contributed by atoms with Crippen LogP contribution in [-0.2, 0) is 11.3 Å². The minimum Gasteiger partial charge on any atom is -0.490 e. The van der Waals surface area contributed by atoms with Gasteiger partial charge in [0.2, 0.25) is 11.7 Å². The predicted molar refractivity (Wildman–Crippen MR) is 104 cm³/mol. The highest BCUT2D eigenvalue weighted by Crippen LogP contribution is 2.32. The van der Waals surface area contributed by atoms with Gasteiger partial charge in [0.05, 0.1) is 12.0 Å². The van der Waals surface area contributed by atoms with Gasteiger partial charge in [-0.05, 0) is 42.0 Å². The third-order valence-electron chi connectivity index (χ3n) is 3.84. The molecular weight excluding hydrogens is 432 g/mol. The molecule has 0 bridgehead atoms. The minimum atomic E-state index is -0.541. The smallest absolute Gasteiger partial charge is 0.311 e. The number of nitro groups is 1. The van der Waals surface area contributed by atoms with Crippen LogP contribution in [0.2, 0.25) is 0 Å². The van der Waals surface area contributed by atoms with Crippen molar-refractivity contribution in [3.8, 4) is 17.1 Å². The Kier molecular flexibility index (Phi) is 5.64.